The minimum absolute atomic E-state index is 0.130. The fraction of sp³-hybridized carbons (Fsp3) is 0.200. The molecule has 0 unspecified atom stereocenters. The summed E-state index contributed by atoms with van der Waals surface area (Å²) in [6, 6.07) is 6.01. The van der Waals surface area contributed by atoms with Gasteiger partial charge in [0, 0.05) is 0 Å². The van der Waals surface area contributed by atoms with Gasteiger partial charge in [0.05, 0.1) is 11.0 Å². The molecule has 4 nitrogen and oxygen atoms in total. The van der Waals surface area contributed by atoms with Gasteiger partial charge in [-0.3, -0.25) is 4.40 Å². The molecule has 0 aliphatic heterocycles. The van der Waals surface area contributed by atoms with Gasteiger partial charge in [0.2, 0.25) is 11.6 Å². The molecule has 3 rings (SSSR count). The molecule has 1 aromatic carbocycles. The predicted molar refractivity (Wildman–Crippen MR) is 54.8 cm³/mol. The molecule has 19 heavy (non-hydrogen) atoms. The summed E-state index contributed by atoms with van der Waals surface area (Å²) in [5.74, 6) is -6.65. The number of para-hydroxylation sites is 2. The monoisotopic (exact) mass is 276 g/mol. The van der Waals surface area contributed by atoms with Gasteiger partial charge < -0.3 is 0 Å². The Morgan fingerprint density at radius 3 is 2.42 bits per heavy atom. The summed E-state index contributed by atoms with van der Waals surface area (Å²) in [7, 11) is 0. The highest BCUT2D eigenvalue weighted by Gasteiger charge is 2.62. The molecule has 1 N–H and O–H groups in total. The van der Waals surface area contributed by atoms with Crippen LogP contribution < -0.4 is 0 Å². The van der Waals surface area contributed by atoms with E-state index in [2.05, 4.69) is 15.2 Å². The van der Waals surface area contributed by atoms with Crippen molar-refractivity contribution in [1.82, 2.24) is 19.6 Å². The Morgan fingerprint density at radius 2 is 1.74 bits per heavy atom. The second-order valence-electron chi connectivity index (χ2n) is 3.88. The number of aromatic nitrogens is 4. The van der Waals surface area contributed by atoms with Crippen LogP contribution in [0.5, 0.6) is 0 Å². The molecule has 0 fully saturated rings. The van der Waals surface area contributed by atoms with Crippen LogP contribution in [0.1, 0.15) is 5.82 Å². The van der Waals surface area contributed by atoms with Crippen LogP contribution in [0.25, 0.3) is 16.8 Å². The van der Waals surface area contributed by atoms with Gasteiger partial charge in [0.15, 0.2) is 0 Å². The van der Waals surface area contributed by atoms with Gasteiger partial charge in [0.25, 0.3) is 0 Å². The van der Waals surface area contributed by atoms with E-state index in [4.69, 9.17) is 0 Å². The van der Waals surface area contributed by atoms with Crippen molar-refractivity contribution >= 4 is 16.8 Å². The topological polar surface area (TPSA) is 46.0 Å². The van der Waals surface area contributed by atoms with Crippen LogP contribution in [0.2, 0.25) is 0 Å². The van der Waals surface area contributed by atoms with Crippen molar-refractivity contribution in [2.75, 3.05) is 0 Å². The molecule has 9 heteroatoms. The number of halogens is 5. The molecule has 0 spiro atoms. The van der Waals surface area contributed by atoms with Crippen molar-refractivity contribution in [1.29, 1.82) is 0 Å². The Balaban J connectivity index is 2.36. The number of imidazole rings is 1. The van der Waals surface area contributed by atoms with E-state index in [1.165, 1.54) is 18.2 Å². The third-order valence-electron chi connectivity index (χ3n) is 2.67. The lowest BCUT2D eigenvalue weighted by atomic mass is 10.3. The lowest BCUT2D eigenvalue weighted by Crippen LogP contribution is -2.35. The number of nitrogens with one attached hydrogen (secondary N) is 1. The van der Waals surface area contributed by atoms with Gasteiger partial charge >= 0.3 is 12.1 Å². The normalized spacial score (nSPS) is 13.5. The van der Waals surface area contributed by atoms with Crippen LogP contribution >= 0.6 is 0 Å². The number of H-pyrrole nitrogens is 1. The van der Waals surface area contributed by atoms with Crippen LogP contribution in [0, 0.1) is 0 Å². The zero-order chi connectivity index (χ0) is 13.8. The van der Waals surface area contributed by atoms with Gasteiger partial charge in [0.1, 0.15) is 0 Å². The van der Waals surface area contributed by atoms with Crippen molar-refractivity contribution in [3.8, 4) is 0 Å². The first-order valence-electron chi connectivity index (χ1n) is 5.09. The first kappa shape index (κ1) is 11.9. The Morgan fingerprint density at radius 1 is 1.05 bits per heavy atom. The van der Waals surface area contributed by atoms with E-state index >= 15 is 0 Å². The quantitative estimate of drug-likeness (QED) is 0.695. The smallest absolute Gasteiger partial charge is 0.258 e. The average Bonchev–Trinajstić information content (AvgIpc) is 2.85. The second-order valence-corrected chi connectivity index (χ2v) is 3.88. The fourth-order valence-corrected chi connectivity index (χ4v) is 1.81. The largest absolute Gasteiger partial charge is 0.461 e. The number of aromatic amines is 1. The predicted octanol–water partition coefficient (Wildman–Crippen LogP) is 2.86. The summed E-state index contributed by atoms with van der Waals surface area (Å²) in [6.45, 7) is 0. The fourth-order valence-electron chi connectivity index (χ4n) is 1.81. The van der Waals surface area contributed by atoms with Crippen LogP contribution in [0.3, 0.4) is 0 Å². The molecule has 0 bridgehead atoms. The molecule has 2 heterocycles. The molecule has 0 saturated heterocycles. The van der Waals surface area contributed by atoms with Gasteiger partial charge in [-0.2, -0.15) is 27.1 Å². The van der Waals surface area contributed by atoms with Crippen molar-refractivity contribution in [3.63, 3.8) is 0 Å². The van der Waals surface area contributed by atoms with Gasteiger partial charge in [-0.25, -0.2) is 10.1 Å². The van der Waals surface area contributed by atoms with E-state index in [0.29, 0.717) is 9.92 Å². The molecule has 2 aromatic heterocycles. The van der Waals surface area contributed by atoms with E-state index in [1.54, 1.807) is 6.07 Å². The molecule has 0 saturated carbocycles. The third kappa shape index (κ3) is 1.50. The highest BCUT2D eigenvalue weighted by atomic mass is 19.4. The lowest BCUT2D eigenvalue weighted by Gasteiger charge is -2.17. The first-order chi connectivity index (χ1) is 8.82. The molecular weight excluding hydrogens is 271 g/mol. The molecule has 0 aliphatic carbocycles. The molecule has 3 aromatic rings. The van der Waals surface area contributed by atoms with Crippen LogP contribution in [0.4, 0.5) is 22.0 Å². The standard InChI is InChI=1S/C10H5F5N4/c11-9(12,10(13,14)15)7-17-18-8-16-5-3-1-2-4-6(5)19(7)8/h1-4H,(H,16,18). The van der Waals surface area contributed by atoms with E-state index in [0.717, 1.165) is 0 Å². The van der Waals surface area contributed by atoms with Crippen molar-refractivity contribution in [2.24, 2.45) is 0 Å². The zero-order valence-electron chi connectivity index (χ0n) is 9.04. The number of hydrogen-bond acceptors (Lipinski definition) is 2. The van der Waals surface area contributed by atoms with Crippen molar-refractivity contribution in [3.05, 3.63) is 30.1 Å². The number of fused-ring (bicyclic) bond motifs is 3. The lowest BCUT2D eigenvalue weighted by molar-refractivity contribution is -0.292. The maximum atomic E-state index is 13.4. The number of nitrogens with zero attached hydrogens (tertiary/aromatic N) is 3. The number of benzene rings is 1. The molecule has 0 radical (unpaired) electrons. The van der Waals surface area contributed by atoms with E-state index in [-0.39, 0.29) is 11.3 Å². The van der Waals surface area contributed by atoms with Crippen LogP contribution in [-0.4, -0.2) is 25.8 Å². The van der Waals surface area contributed by atoms with Crippen molar-refractivity contribution in [2.45, 2.75) is 12.1 Å². The Kier molecular flexibility index (Phi) is 2.14. The highest BCUT2D eigenvalue weighted by molar-refractivity contribution is 5.79. The summed E-state index contributed by atoms with van der Waals surface area (Å²) in [5, 5.41) is 5.13. The van der Waals surface area contributed by atoms with Crippen LogP contribution in [0.15, 0.2) is 24.3 Å². The molecular formula is C10H5F5N4. The van der Waals surface area contributed by atoms with Crippen LogP contribution in [-0.2, 0) is 5.92 Å². The molecule has 100 valence electrons. The SMILES string of the molecule is FC(F)(F)C(F)(F)c1n[nH]c2nc3ccccc3n12. The minimum Gasteiger partial charge on any atom is -0.258 e. The van der Waals surface area contributed by atoms with Gasteiger partial charge in [-0.15, -0.1) is 0 Å². The maximum Gasteiger partial charge on any atom is 0.461 e. The first-order valence-corrected chi connectivity index (χ1v) is 5.09. The second kappa shape index (κ2) is 3.43. The molecule has 0 aliphatic rings. The van der Waals surface area contributed by atoms with E-state index in [1.807, 2.05) is 0 Å². The Bertz CT molecular complexity index is 754. The summed E-state index contributed by atoms with van der Waals surface area (Å²) >= 11 is 0. The van der Waals surface area contributed by atoms with Gasteiger partial charge in [-0.05, 0) is 12.1 Å². The molecule has 0 atom stereocenters. The number of rotatable bonds is 1. The summed E-state index contributed by atoms with van der Waals surface area (Å²) in [6.07, 6.45) is -5.72. The average molecular weight is 276 g/mol. The Labute approximate surface area is 101 Å². The third-order valence-corrected chi connectivity index (χ3v) is 2.67. The summed E-state index contributed by atoms with van der Waals surface area (Å²) in [5.41, 5.74) is 0.431. The van der Waals surface area contributed by atoms with E-state index in [9.17, 15) is 22.0 Å². The number of alkyl halides is 5. The number of hydrogen-bond donors (Lipinski definition) is 1. The van der Waals surface area contributed by atoms with Gasteiger partial charge in [-0.1, -0.05) is 12.1 Å². The molecule has 0 amide bonds. The maximum absolute atomic E-state index is 13.4. The minimum atomic E-state index is -5.72. The van der Waals surface area contributed by atoms with E-state index < -0.39 is 17.9 Å². The summed E-state index contributed by atoms with van der Waals surface area (Å²) < 4.78 is 64.6. The van der Waals surface area contributed by atoms with Crippen molar-refractivity contribution < 1.29 is 22.0 Å². The Hall–Kier alpha value is -2.19. The zero-order valence-corrected chi connectivity index (χ0v) is 9.04. The highest BCUT2D eigenvalue weighted by Crippen LogP contribution is 2.43. The summed E-state index contributed by atoms with van der Waals surface area (Å²) in [4.78, 5) is 3.88.